The Bertz CT molecular complexity index is 313. The highest BCUT2D eigenvalue weighted by molar-refractivity contribution is 5.30. The zero-order valence-electron chi connectivity index (χ0n) is 10.2. The fraction of sp³-hybridized carbons (Fsp3) is 0.538. The van der Waals surface area contributed by atoms with E-state index in [4.69, 9.17) is 4.74 Å². The van der Waals surface area contributed by atoms with Crippen molar-refractivity contribution < 1.29 is 9.84 Å². The van der Waals surface area contributed by atoms with Gasteiger partial charge >= 0.3 is 0 Å². The zero-order valence-corrected chi connectivity index (χ0v) is 10.2. The van der Waals surface area contributed by atoms with E-state index < -0.39 is 0 Å². The summed E-state index contributed by atoms with van der Waals surface area (Å²) in [6.07, 6.45) is 0.666. The topological polar surface area (TPSA) is 41.5 Å². The first-order chi connectivity index (χ1) is 7.67. The Morgan fingerprint density at radius 1 is 1.44 bits per heavy atom. The van der Waals surface area contributed by atoms with E-state index in [1.165, 1.54) is 5.56 Å². The molecule has 2 atom stereocenters. The Labute approximate surface area is 97.4 Å². The van der Waals surface area contributed by atoms with Crippen molar-refractivity contribution in [2.75, 3.05) is 13.7 Å². The summed E-state index contributed by atoms with van der Waals surface area (Å²) >= 11 is 0. The second kappa shape index (κ2) is 6.51. The summed E-state index contributed by atoms with van der Waals surface area (Å²) in [5.41, 5.74) is 1.20. The standard InChI is InChI=1S/C13H21NO2/c1-4-13(14-9-10(2)15)11-6-5-7-12(8-11)16-3/h5-8,10,13-15H,4,9H2,1-3H3/t10-,13?/m1/s1. The van der Waals surface area contributed by atoms with E-state index in [-0.39, 0.29) is 12.1 Å². The van der Waals surface area contributed by atoms with Crippen LogP contribution < -0.4 is 10.1 Å². The van der Waals surface area contributed by atoms with Crippen LogP contribution in [0, 0.1) is 0 Å². The highest BCUT2D eigenvalue weighted by atomic mass is 16.5. The molecular weight excluding hydrogens is 202 g/mol. The van der Waals surface area contributed by atoms with Crippen LogP contribution >= 0.6 is 0 Å². The van der Waals surface area contributed by atoms with Crippen molar-refractivity contribution in [1.29, 1.82) is 0 Å². The van der Waals surface area contributed by atoms with E-state index >= 15 is 0 Å². The molecule has 0 bridgehead atoms. The molecule has 16 heavy (non-hydrogen) atoms. The van der Waals surface area contributed by atoms with E-state index in [9.17, 15) is 5.11 Å². The van der Waals surface area contributed by atoms with Crippen molar-refractivity contribution in [3.63, 3.8) is 0 Å². The number of hydrogen-bond acceptors (Lipinski definition) is 3. The third-order valence-corrected chi connectivity index (χ3v) is 2.56. The lowest BCUT2D eigenvalue weighted by molar-refractivity contribution is 0.185. The van der Waals surface area contributed by atoms with Crippen LogP contribution in [-0.4, -0.2) is 24.9 Å². The summed E-state index contributed by atoms with van der Waals surface area (Å²) in [5, 5.41) is 12.6. The van der Waals surface area contributed by atoms with Crippen LogP contribution in [0.2, 0.25) is 0 Å². The summed E-state index contributed by atoms with van der Waals surface area (Å²) in [7, 11) is 1.67. The summed E-state index contributed by atoms with van der Waals surface area (Å²) < 4.78 is 5.20. The molecule has 0 aliphatic heterocycles. The van der Waals surface area contributed by atoms with Gasteiger partial charge in [0.2, 0.25) is 0 Å². The third-order valence-electron chi connectivity index (χ3n) is 2.56. The van der Waals surface area contributed by atoms with E-state index in [2.05, 4.69) is 18.3 Å². The molecule has 0 saturated carbocycles. The molecule has 1 unspecified atom stereocenters. The van der Waals surface area contributed by atoms with Crippen LogP contribution in [0.1, 0.15) is 31.9 Å². The number of methoxy groups -OCH3 is 1. The second-order valence-corrected chi connectivity index (χ2v) is 3.99. The van der Waals surface area contributed by atoms with Crippen molar-refractivity contribution in [3.8, 4) is 5.75 Å². The first kappa shape index (κ1) is 13.0. The van der Waals surface area contributed by atoms with Crippen molar-refractivity contribution in [3.05, 3.63) is 29.8 Å². The summed E-state index contributed by atoms with van der Waals surface area (Å²) in [6.45, 7) is 4.51. The van der Waals surface area contributed by atoms with Gasteiger partial charge in [-0.25, -0.2) is 0 Å². The first-order valence-electron chi connectivity index (χ1n) is 5.72. The molecule has 0 saturated heterocycles. The molecule has 0 amide bonds. The molecule has 0 radical (unpaired) electrons. The Balaban J connectivity index is 2.70. The van der Waals surface area contributed by atoms with Gasteiger partial charge in [0.1, 0.15) is 5.75 Å². The molecule has 1 rings (SSSR count). The third kappa shape index (κ3) is 3.83. The Morgan fingerprint density at radius 2 is 2.19 bits per heavy atom. The smallest absolute Gasteiger partial charge is 0.119 e. The molecule has 0 aliphatic carbocycles. The van der Waals surface area contributed by atoms with E-state index in [0.29, 0.717) is 6.54 Å². The highest BCUT2D eigenvalue weighted by Gasteiger charge is 2.10. The number of benzene rings is 1. The first-order valence-corrected chi connectivity index (χ1v) is 5.72. The number of hydrogen-bond donors (Lipinski definition) is 2. The average molecular weight is 223 g/mol. The van der Waals surface area contributed by atoms with Gasteiger partial charge in [0.25, 0.3) is 0 Å². The number of nitrogens with one attached hydrogen (secondary N) is 1. The normalized spacial score (nSPS) is 14.5. The molecule has 0 spiro atoms. The maximum Gasteiger partial charge on any atom is 0.119 e. The predicted octanol–water partition coefficient (Wildman–Crippen LogP) is 2.12. The van der Waals surface area contributed by atoms with E-state index in [1.807, 2.05) is 18.2 Å². The largest absolute Gasteiger partial charge is 0.497 e. The summed E-state index contributed by atoms with van der Waals surface area (Å²) in [5.74, 6) is 0.870. The van der Waals surface area contributed by atoms with Crippen molar-refractivity contribution in [2.45, 2.75) is 32.4 Å². The van der Waals surface area contributed by atoms with Gasteiger partial charge in [-0.05, 0) is 31.0 Å². The van der Waals surface area contributed by atoms with E-state index in [1.54, 1.807) is 14.0 Å². The van der Waals surface area contributed by atoms with Crippen molar-refractivity contribution >= 4 is 0 Å². The van der Waals surface area contributed by atoms with Crippen LogP contribution in [0.5, 0.6) is 5.75 Å². The second-order valence-electron chi connectivity index (χ2n) is 3.99. The Hall–Kier alpha value is -1.06. The van der Waals surface area contributed by atoms with Gasteiger partial charge in [-0.15, -0.1) is 0 Å². The Morgan fingerprint density at radius 3 is 2.75 bits per heavy atom. The van der Waals surface area contributed by atoms with Gasteiger partial charge in [0.15, 0.2) is 0 Å². The maximum atomic E-state index is 9.26. The maximum absolute atomic E-state index is 9.26. The van der Waals surface area contributed by atoms with Gasteiger partial charge in [0.05, 0.1) is 13.2 Å². The number of aliphatic hydroxyl groups is 1. The number of ether oxygens (including phenoxy) is 1. The fourth-order valence-corrected chi connectivity index (χ4v) is 1.67. The van der Waals surface area contributed by atoms with Gasteiger partial charge in [-0.3, -0.25) is 0 Å². The summed E-state index contributed by atoms with van der Waals surface area (Å²) in [6, 6.07) is 8.30. The molecule has 1 aromatic rings. The molecule has 0 aromatic heterocycles. The quantitative estimate of drug-likeness (QED) is 0.776. The van der Waals surface area contributed by atoms with Crippen LogP contribution in [0.3, 0.4) is 0 Å². The molecule has 1 aromatic carbocycles. The fourth-order valence-electron chi connectivity index (χ4n) is 1.67. The number of rotatable bonds is 6. The lowest BCUT2D eigenvalue weighted by Gasteiger charge is -2.19. The van der Waals surface area contributed by atoms with Crippen LogP contribution in [0.15, 0.2) is 24.3 Å². The zero-order chi connectivity index (χ0) is 12.0. The predicted molar refractivity (Wildman–Crippen MR) is 65.7 cm³/mol. The lowest BCUT2D eigenvalue weighted by atomic mass is 10.0. The molecule has 0 heterocycles. The van der Waals surface area contributed by atoms with Crippen LogP contribution in [0.25, 0.3) is 0 Å². The highest BCUT2D eigenvalue weighted by Crippen LogP contribution is 2.21. The summed E-state index contributed by atoms with van der Waals surface area (Å²) in [4.78, 5) is 0. The molecule has 3 heteroatoms. The van der Waals surface area contributed by atoms with Gasteiger partial charge in [-0.1, -0.05) is 19.1 Å². The van der Waals surface area contributed by atoms with E-state index in [0.717, 1.165) is 12.2 Å². The minimum absolute atomic E-state index is 0.268. The van der Waals surface area contributed by atoms with Gasteiger partial charge in [-0.2, -0.15) is 0 Å². The number of aliphatic hydroxyl groups excluding tert-OH is 1. The SMILES string of the molecule is CCC(NC[C@@H](C)O)c1cccc(OC)c1. The molecule has 3 nitrogen and oxygen atoms in total. The molecule has 0 aliphatic rings. The lowest BCUT2D eigenvalue weighted by Crippen LogP contribution is -2.28. The molecule has 90 valence electrons. The van der Waals surface area contributed by atoms with Crippen molar-refractivity contribution in [1.82, 2.24) is 5.32 Å². The monoisotopic (exact) mass is 223 g/mol. The van der Waals surface area contributed by atoms with Crippen LogP contribution in [-0.2, 0) is 0 Å². The Kier molecular flexibility index (Phi) is 5.29. The molecule has 2 N–H and O–H groups in total. The van der Waals surface area contributed by atoms with Crippen LogP contribution in [0.4, 0.5) is 0 Å². The van der Waals surface area contributed by atoms with Gasteiger partial charge in [0, 0.05) is 12.6 Å². The molecule has 0 fully saturated rings. The average Bonchev–Trinajstić information content (AvgIpc) is 2.30. The minimum atomic E-state index is -0.320. The molecular formula is C13H21NO2. The van der Waals surface area contributed by atoms with Crippen molar-refractivity contribution in [2.24, 2.45) is 0 Å². The minimum Gasteiger partial charge on any atom is -0.497 e. The van der Waals surface area contributed by atoms with Gasteiger partial charge < -0.3 is 15.2 Å².